The highest BCUT2D eigenvalue weighted by Gasteiger charge is 2.55. The standard InChI is InChI=1S/C11H11N3OS/c12-5-7-9(15)14-10(16)8(6-13)11(7)3-1-2-4-11/h7-8H,1-4H2,(H,14,15,16)/t7-,8+/m1/s1. The highest BCUT2D eigenvalue weighted by Crippen LogP contribution is 2.51. The van der Waals surface area contributed by atoms with Gasteiger partial charge in [-0.15, -0.1) is 0 Å². The summed E-state index contributed by atoms with van der Waals surface area (Å²) in [5.74, 6) is -1.56. The maximum Gasteiger partial charge on any atom is 0.242 e. The first-order valence-electron chi connectivity index (χ1n) is 5.29. The Hall–Kier alpha value is -1.46. The van der Waals surface area contributed by atoms with Crippen molar-refractivity contribution >= 4 is 23.1 Å². The van der Waals surface area contributed by atoms with Crippen LogP contribution in [0, 0.1) is 39.9 Å². The molecule has 2 atom stereocenters. The molecular formula is C11H11N3OS. The molecule has 0 unspecified atom stereocenters. The minimum Gasteiger partial charge on any atom is -0.318 e. The van der Waals surface area contributed by atoms with Crippen LogP contribution in [0.4, 0.5) is 0 Å². The summed E-state index contributed by atoms with van der Waals surface area (Å²) in [6, 6.07) is 4.21. The molecule has 1 aliphatic carbocycles. The van der Waals surface area contributed by atoms with Gasteiger partial charge in [0.2, 0.25) is 5.91 Å². The summed E-state index contributed by atoms with van der Waals surface area (Å²) in [4.78, 5) is 12.0. The fraction of sp³-hybridized carbons (Fsp3) is 0.636. The zero-order chi connectivity index (χ0) is 11.8. The molecule has 1 aliphatic heterocycles. The molecule has 1 amide bonds. The first-order chi connectivity index (χ1) is 7.65. The lowest BCUT2D eigenvalue weighted by Gasteiger charge is -2.40. The van der Waals surface area contributed by atoms with Gasteiger partial charge >= 0.3 is 0 Å². The second-order valence-corrected chi connectivity index (χ2v) is 4.86. The highest BCUT2D eigenvalue weighted by molar-refractivity contribution is 7.80. The normalized spacial score (nSPS) is 31.9. The van der Waals surface area contributed by atoms with E-state index in [4.69, 9.17) is 17.5 Å². The predicted molar refractivity (Wildman–Crippen MR) is 59.8 cm³/mol. The van der Waals surface area contributed by atoms with Crippen molar-refractivity contribution in [1.82, 2.24) is 5.32 Å². The van der Waals surface area contributed by atoms with Crippen LogP contribution < -0.4 is 5.32 Å². The van der Waals surface area contributed by atoms with Gasteiger partial charge in [-0.3, -0.25) is 4.79 Å². The molecular weight excluding hydrogens is 222 g/mol. The van der Waals surface area contributed by atoms with E-state index in [1.54, 1.807) is 0 Å². The number of hydrogen-bond acceptors (Lipinski definition) is 4. The summed E-state index contributed by atoms with van der Waals surface area (Å²) in [6.07, 6.45) is 3.42. The van der Waals surface area contributed by atoms with Crippen molar-refractivity contribution in [3.05, 3.63) is 0 Å². The number of nitrogens with one attached hydrogen (secondary N) is 1. The molecule has 1 saturated heterocycles. The van der Waals surface area contributed by atoms with Gasteiger partial charge in [0, 0.05) is 5.41 Å². The second kappa shape index (κ2) is 3.84. The summed E-state index contributed by atoms with van der Waals surface area (Å²) in [5, 5.41) is 20.8. The number of thiocarbonyl (C=S) groups is 1. The number of piperidine rings is 1. The first kappa shape index (κ1) is 11.0. The summed E-state index contributed by atoms with van der Waals surface area (Å²) < 4.78 is 0. The monoisotopic (exact) mass is 233 g/mol. The molecule has 1 N–H and O–H groups in total. The Morgan fingerprint density at radius 2 is 1.81 bits per heavy atom. The zero-order valence-electron chi connectivity index (χ0n) is 8.69. The minimum absolute atomic E-state index is 0.293. The van der Waals surface area contributed by atoms with Gasteiger partial charge in [0.15, 0.2) is 0 Å². The average Bonchev–Trinajstić information content (AvgIpc) is 2.68. The SMILES string of the molecule is N#C[C@@H]1C(=O)NC(=S)[C@H](C#N)C12CCCC2. The number of carbonyl (C=O) groups is 1. The van der Waals surface area contributed by atoms with E-state index in [1.807, 2.05) is 6.07 Å². The van der Waals surface area contributed by atoms with Crippen LogP contribution in [0.2, 0.25) is 0 Å². The lowest BCUT2D eigenvalue weighted by molar-refractivity contribution is -0.127. The van der Waals surface area contributed by atoms with Crippen LogP contribution in [0.1, 0.15) is 25.7 Å². The minimum atomic E-state index is -0.730. The van der Waals surface area contributed by atoms with Gasteiger partial charge in [-0.2, -0.15) is 10.5 Å². The Kier molecular flexibility index (Phi) is 2.65. The fourth-order valence-electron chi connectivity index (χ4n) is 2.94. The van der Waals surface area contributed by atoms with Crippen LogP contribution in [0.25, 0.3) is 0 Å². The molecule has 82 valence electrons. The van der Waals surface area contributed by atoms with Gasteiger partial charge in [-0.05, 0) is 12.8 Å². The third-order valence-corrected chi connectivity index (χ3v) is 4.05. The first-order valence-corrected chi connectivity index (χ1v) is 5.70. The molecule has 0 radical (unpaired) electrons. The Balaban J connectivity index is 2.48. The van der Waals surface area contributed by atoms with Gasteiger partial charge < -0.3 is 5.32 Å². The second-order valence-electron chi connectivity index (χ2n) is 4.42. The molecule has 0 aromatic heterocycles. The topological polar surface area (TPSA) is 76.7 Å². The third kappa shape index (κ3) is 1.32. The van der Waals surface area contributed by atoms with E-state index in [0.29, 0.717) is 4.99 Å². The molecule has 0 bridgehead atoms. The summed E-state index contributed by atoms with van der Waals surface area (Å²) >= 11 is 5.05. The van der Waals surface area contributed by atoms with Crippen LogP contribution >= 0.6 is 12.2 Å². The molecule has 2 aliphatic rings. The molecule has 1 saturated carbocycles. The summed E-state index contributed by atoms with van der Waals surface area (Å²) in [6.45, 7) is 0. The lowest BCUT2D eigenvalue weighted by Crippen LogP contribution is -2.55. The quantitative estimate of drug-likeness (QED) is 0.639. The fourth-order valence-corrected chi connectivity index (χ4v) is 3.33. The Bertz CT molecular complexity index is 391. The van der Waals surface area contributed by atoms with E-state index < -0.39 is 17.3 Å². The Labute approximate surface area is 99.2 Å². The van der Waals surface area contributed by atoms with E-state index in [-0.39, 0.29) is 5.91 Å². The van der Waals surface area contributed by atoms with Crippen LogP contribution in [0.15, 0.2) is 0 Å². The average molecular weight is 233 g/mol. The number of nitriles is 2. The summed E-state index contributed by atoms with van der Waals surface area (Å²) in [7, 11) is 0. The molecule has 2 rings (SSSR count). The van der Waals surface area contributed by atoms with Crippen molar-refractivity contribution in [3.8, 4) is 12.1 Å². The van der Waals surface area contributed by atoms with Gasteiger partial charge in [0.1, 0.15) is 11.8 Å². The lowest BCUT2D eigenvalue weighted by atomic mass is 9.63. The van der Waals surface area contributed by atoms with E-state index in [0.717, 1.165) is 25.7 Å². The predicted octanol–water partition coefficient (Wildman–Crippen LogP) is 1.28. The van der Waals surface area contributed by atoms with Gasteiger partial charge in [-0.1, -0.05) is 25.1 Å². The van der Waals surface area contributed by atoms with Crippen molar-refractivity contribution in [1.29, 1.82) is 10.5 Å². The maximum absolute atomic E-state index is 11.7. The van der Waals surface area contributed by atoms with Crippen LogP contribution in [-0.4, -0.2) is 10.9 Å². The number of amides is 1. The molecule has 0 aromatic rings. The Morgan fingerprint density at radius 1 is 1.25 bits per heavy atom. The zero-order valence-corrected chi connectivity index (χ0v) is 9.51. The van der Waals surface area contributed by atoms with Crippen molar-refractivity contribution < 1.29 is 4.79 Å². The van der Waals surface area contributed by atoms with E-state index >= 15 is 0 Å². The molecule has 1 spiro atoms. The third-order valence-electron chi connectivity index (χ3n) is 3.71. The van der Waals surface area contributed by atoms with Crippen LogP contribution in [0.3, 0.4) is 0 Å². The van der Waals surface area contributed by atoms with Crippen LogP contribution in [-0.2, 0) is 4.79 Å². The number of nitrogens with zero attached hydrogens (tertiary/aromatic N) is 2. The molecule has 2 fully saturated rings. The van der Waals surface area contributed by atoms with Crippen molar-refractivity contribution in [2.45, 2.75) is 25.7 Å². The van der Waals surface area contributed by atoms with Gasteiger partial charge in [0.05, 0.1) is 17.1 Å². The van der Waals surface area contributed by atoms with Crippen molar-refractivity contribution in [3.63, 3.8) is 0 Å². The van der Waals surface area contributed by atoms with Crippen molar-refractivity contribution in [2.24, 2.45) is 17.3 Å². The smallest absolute Gasteiger partial charge is 0.242 e. The van der Waals surface area contributed by atoms with E-state index in [1.165, 1.54) is 0 Å². The van der Waals surface area contributed by atoms with Crippen LogP contribution in [0.5, 0.6) is 0 Å². The molecule has 16 heavy (non-hydrogen) atoms. The largest absolute Gasteiger partial charge is 0.318 e. The molecule has 1 heterocycles. The molecule has 4 nitrogen and oxygen atoms in total. The Morgan fingerprint density at radius 3 is 2.31 bits per heavy atom. The highest BCUT2D eigenvalue weighted by atomic mass is 32.1. The van der Waals surface area contributed by atoms with E-state index in [2.05, 4.69) is 11.4 Å². The summed E-state index contributed by atoms with van der Waals surface area (Å²) in [5.41, 5.74) is -0.525. The van der Waals surface area contributed by atoms with Crippen molar-refractivity contribution in [2.75, 3.05) is 0 Å². The van der Waals surface area contributed by atoms with Gasteiger partial charge in [-0.25, -0.2) is 0 Å². The number of hydrogen-bond donors (Lipinski definition) is 1. The molecule has 0 aromatic carbocycles. The van der Waals surface area contributed by atoms with Gasteiger partial charge in [0.25, 0.3) is 0 Å². The maximum atomic E-state index is 11.7. The number of rotatable bonds is 0. The van der Waals surface area contributed by atoms with E-state index in [9.17, 15) is 10.1 Å². The number of carbonyl (C=O) groups excluding carboxylic acids is 1. The molecule has 5 heteroatoms.